The van der Waals surface area contributed by atoms with Crippen molar-refractivity contribution in [2.45, 2.75) is 45.3 Å². The predicted octanol–water partition coefficient (Wildman–Crippen LogP) is 0.492. The molecule has 0 spiro atoms. The van der Waals surface area contributed by atoms with Gasteiger partial charge in [0.15, 0.2) is 9.84 Å². The molecule has 16 heavy (non-hydrogen) atoms. The lowest BCUT2D eigenvalue weighted by Gasteiger charge is -2.30. The van der Waals surface area contributed by atoms with Crippen molar-refractivity contribution in [2.24, 2.45) is 0 Å². The smallest absolute Gasteiger partial charge is 0.151 e. The lowest BCUT2D eigenvalue weighted by atomic mass is 10.2. The van der Waals surface area contributed by atoms with Crippen molar-refractivity contribution in [1.82, 2.24) is 10.2 Å². The predicted molar refractivity (Wildman–Crippen MR) is 67.4 cm³/mol. The van der Waals surface area contributed by atoms with Crippen molar-refractivity contribution in [3.05, 3.63) is 0 Å². The maximum Gasteiger partial charge on any atom is 0.151 e. The summed E-state index contributed by atoms with van der Waals surface area (Å²) in [5, 5.41) is 3.38. The second-order valence-corrected chi connectivity index (χ2v) is 7.36. The summed E-state index contributed by atoms with van der Waals surface area (Å²) < 4.78 is 22.8. The summed E-state index contributed by atoms with van der Waals surface area (Å²) in [6.45, 7) is 7.28. The molecule has 2 atom stereocenters. The van der Waals surface area contributed by atoms with E-state index in [-0.39, 0.29) is 6.04 Å². The number of sulfone groups is 1. The highest BCUT2D eigenvalue weighted by Gasteiger charge is 2.32. The first-order valence-electron chi connectivity index (χ1n) is 5.97. The molecule has 0 aromatic rings. The van der Waals surface area contributed by atoms with E-state index in [2.05, 4.69) is 31.0 Å². The van der Waals surface area contributed by atoms with E-state index in [1.165, 1.54) is 0 Å². The number of nitrogens with zero attached hydrogens (tertiary/aromatic N) is 1. The van der Waals surface area contributed by atoms with Gasteiger partial charge in [-0.1, -0.05) is 13.8 Å². The van der Waals surface area contributed by atoms with Crippen molar-refractivity contribution >= 4 is 9.84 Å². The standard InChI is InChI=1S/C11H24N2O2S/c1-9(2)12-7-10(3)13(4)11-5-6-16(14,15)8-11/h9-12H,5-8H2,1-4H3. The summed E-state index contributed by atoms with van der Waals surface area (Å²) in [5.74, 6) is 0.682. The third-order valence-electron chi connectivity index (χ3n) is 3.30. The third-order valence-corrected chi connectivity index (χ3v) is 5.05. The Labute approximate surface area is 99.3 Å². The molecule has 1 N–H and O–H groups in total. The van der Waals surface area contributed by atoms with Gasteiger partial charge < -0.3 is 5.32 Å². The second-order valence-electron chi connectivity index (χ2n) is 5.13. The summed E-state index contributed by atoms with van der Waals surface area (Å²) in [4.78, 5) is 2.19. The monoisotopic (exact) mass is 248 g/mol. The van der Waals surface area contributed by atoms with Crippen LogP contribution in [0.4, 0.5) is 0 Å². The third kappa shape index (κ3) is 4.03. The van der Waals surface area contributed by atoms with Gasteiger partial charge in [-0.2, -0.15) is 0 Å². The molecular formula is C11H24N2O2S. The van der Waals surface area contributed by atoms with Crippen molar-refractivity contribution in [3.8, 4) is 0 Å². The Balaban J connectivity index is 2.42. The first-order valence-corrected chi connectivity index (χ1v) is 7.79. The highest BCUT2D eigenvalue weighted by molar-refractivity contribution is 7.91. The molecule has 0 aromatic heterocycles. The van der Waals surface area contributed by atoms with Crippen LogP contribution in [0.3, 0.4) is 0 Å². The van der Waals surface area contributed by atoms with Crippen LogP contribution in [0.25, 0.3) is 0 Å². The summed E-state index contributed by atoms with van der Waals surface area (Å²) in [5.41, 5.74) is 0. The van der Waals surface area contributed by atoms with Gasteiger partial charge in [-0.05, 0) is 20.4 Å². The molecule has 1 aliphatic rings. The highest BCUT2D eigenvalue weighted by Crippen LogP contribution is 2.18. The molecular weight excluding hydrogens is 224 g/mol. The molecule has 0 aliphatic carbocycles. The average Bonchev–Trinajstić information content (AvgIpc) is 2.54. The number of hydrogen-bond donors (Lipinski definition) is 1. The number of likely N-dealkylation sites (N-methyl/N-ethyl adjacent to an activating group) is 1. The van der Waals surface area contributed by atoms with Gasteiger partial charge >= 0.3 is 0 Å². The lowest BCUT2D eigenvalue weighted by Crippen LogP contribution is -2.45. The number of nitrogens with one attached hydrogen (secondary N) is 1. The first kappa shape index (κ1) is 13.9. The van der Waals surface area contributed by atoms with Crippen LogP contribution in [-0.4, -0.2) is 56.5 Å². The summed E-state index contributed by atoms with van der Waals surface area (Å²) >= 11 is 0. The van der Waals surface area contributed by atoms with Crippen LogP contribution in [0.1, 0.15) is 27.2 Å². The highest BCUT2D eigenvalue weighted by atomic mass is 32.2. The Bertz CT molecular complexity index is 314. The Hall–Kier alpha value is -0.130. The Morgan fingerprint density at radius 1 is 1.38 bits per heavy atom. The van der Waals surface area contributed by atoms with E-state index >= 15 is 0 Å². The van der Waals surface area contributed by atoms with E-state index < -0.39 is 9.84 Å². The summed E-state index contributed by atoms with van der Waals surface area (Å²) in [6, 6.07) is 1.05. The molecule has 0 amide bonds. The zero-order valence-corrected chi connectivity index (χ0v) is 11.5. The topological polar surface area (TPSA) is 49.4 Å². The van der Waals surface area contributed by atoms with Gasteiger partial charge in [-0.25, -0.2) is 8.42 Å². The van der Waals surface area contributed by atoms with Crippen LogP contribution in [0.5, 0.6) is 0 Å². The van der Waals surface area contributed by atoms with Gasteiger partial charge in [-0.15, -0.1) is 0 Å². The molecule has 0 aromatic carbocycles. The van der Waals surface area contributed by atoms with Gasteiger partial charge in [0.05, 0.1) is 11.5 Å². The molecule has 4 nitrogen and oxygen atoms in total. The fraction of sp³-hybridized carbons (Fsp3) is 1.00. The molecule has 1 aliphatic heterocycles. The van der Waals surface area contributed by atoms with E-state index in [9.17, 15) is 8.42 Å². The fourth-order valence-electron chi connectivity index (χ4n) is 2.01. The normalized spacial score (nSPS) is 26.5. The Morgan fingerprint density at radius 3 is 2.44 bits per heavy atom. The second kappa shape index (κ2) is 5.47. The van der Waals surface area contributed by atoms with Gasteiger partial charge in [0.25, 0.3) is 0 Å². The number of hydrogen-bond acceptors (Lipinski definition) is 4. The molecule has 2 unspecified atom stereocenters. The maximum absolute atomic E-state index is 11.4. The molecule has 0 bridgehead atoms. The van der Waals surface area contributed by atoms with Crippen LogP contribution in [0.15, 0.2) is 0 Å². The Kier molecular flexibility index (Phi) is 4.76. The quantitative estimate of drug-likeness (QED) is 0.769. The minimum atomic E-state index is -2.77. The average molecular weight is 248 g/mol. The fourth-order valence-corrected chi connectivity index (χ4v) is 3.79. The van der Waals surface area contributed by atoms with Crippen LogP contribution in [0, 0.1) is 0 Å². The lowest BCUT2D eigenvalue weighted by molar-refractivity contribution is 0.193. The van der Waals surface area contributed by atoms with Gasteiger partial charge in [0, 0.05) is 24.7 Å². The molecule has 0 radical (unpaired) electrons. The van der Waals surface area contributed by atoms with Gasteiger partial charge in [0.2, 0.25) is 0 Å². The molecule has 5 heteroatoms. The van der Waals surface area contributed by atoms with E-state index in [0.29, 0.717) is 23.6 Å². The van der Waals surface area contributed by atoms with E-state index in [1.807, 2.05) is 7.05 Å². The van der Waals surface area contributed by atoms with Crippen molar-refractivity contribution < 1.29 is 8.42 Å². The maximum atomic E-state index is 11.4. The SMILES string of the molecule is CC(C)NCC(C)N(C)C1CCS(=O)(=O)C1. The van der Waals surface area contributed by atoms with Crippen molar-refractivity contribution in [2.75, 3.05) is 25.1 Å². The molecule has 1 heterocycles. The van der Waals surface area contributed by atoms with Crippen LogP contribution in [0.2, 0.25) is 0 Å². The molecule has 1 fully saturated rings. The zero-order valence-electron chi connectivity index (χ0n) is 10.7. The molecule has 0 saturated carbocycles. The van der Waals surface area contributed by atoms with Crippen molar-refractivity contribution in [1.29, 1.82) is 0 Å². The van der Waals surface area contributed by atoms with Gasteiger partial charge in [-0.3, -0.25) is 4.90 Å². The largest absolute Gasteiger partial charge is 0.313 e. The molecule has 96 valence electrons. The summed E-state index contributed by atoms with van der Waals surface area (Å²) in [7, 11) is -0.741. The number of rotatable bonds is 5. The van der Waals surface area contributed by atoms with Gasteiger partial charge in [0.1, 0.15) is 0 Å². The molecule has 1 rings (SSSR count). The van der Waals surface area contributed by atoms with Crippen LogP contribution >= 0.6 is 0 Å². The minimum Gasteiger partial charge on any atom is -0.313 e. The van der Waals surface area contributed by atoms with Crippen LogP contribution in [-0.2, 0) is 9.84 Å². The van der Waals surface area contributed by atoms with E-state index in [0.717, 1.165) is 13.0 Å². The first-order chi connectivity index (χ1) is 7.32. The Morgan fingerprint density at radius 2 is 2.00 bits per heavy atom. The van der Waals surface area contributed by atoms with Crippen molar-refractivity contribution in [3.63, 3.8) is 0 Å². The zero-order chi connectivity index (χ0) is 12.3. The minimum absolute atomic E-state index is 0.203. The van der Waals surface area contributed by atoms with Crippen LogP contribution < -0.4 is 5.32 Å². The van der Waals surface area contributed by atoms with E-state index in [1.54, 1.807) is 0 Å². The molecule has 1 saturated heterocycles. The summed E-state index contributed by atoms with van der Waals surface area (Å²) in [6.07, 6.45) is 0.783. The van der Waals surface area contributed by atoms with E-state index in [4.69, 9.17) is 0 Å².